The van der Waals surface area contributed by atoms with Crippen LogP contribution in [0, 0.1) is 23.2 Å². The molecule has 0 spiro atoms. The Morgan fingerprint density at radius 3 is 2.43 bits per heavy atom. The lowest BCUT2D eigenvalue weighted by molar-refractivity contribution is -0.147. The van der Waals surface area contributed by atoms with E-state index >= 15 is 0 Å². The molecule has 0 saturated heterocycles. The van der Waals surface area contributed by atoms with Gasteiger partial charge in [-0.15, -0.1) is 11.3 Å². The Morgan fingerprint density at radius 2 is 1.79 bits per heavy atom. The molecule has 0 radical (unpaired) electrons. The molecule has 0 saturated carbocycles. The van der Waals surface area contributed by atoms with E-state index in [0.717, 1.165) is 24.8 Å². The number of allylic oxidation sites excluding steroid dienone is 2. The van der Waals surface area contributed by atoms with Crippen LogP contribution in [0.5, 0.6) is 0 Å². The molecule has 3 atom stereocenters. The second kappa shape index (κ2) is 8.07. The molecule has 0 aromatic carbocycles. The van der Waals surface area contributed by atoms with Gasteiger partial charge >= 0.3 is 5.97 Å². The smallest absolute Gasteiger partial charge is 0.307 e. The zero-order chi connectivity index (χ0) is 20.5. The van der Waals surface area contributed by atoms with Crippen LogP contribution in [-0.2, 0) is 22.4 Å². The molecule has 0 fully saturated rings. The van der Waals surface area contributed by atoms with E-state index < -0.39 is 23.7 Å². The van der Waals surface area contributed by atoms with Gasteiger partial charge in [0.15, 0.2) is 0 Å². The highest BCUT2D eigenvalue weighted by Gasteiger charge is 2.35. The Labute approximate surface area is 169 Å². The standard InChI is InChI=1S/C21H28N2O4S/c1-21(2,3)12-8-9-13-16(11-28-17(13)10-12)19(25)23-22-18(24)14-6-4-5-7-15(14)20(26)27/h4-5,11-12,14-15H,6-10H2,1-3H3,(H,22,24)(H,23,25)(H,26,27). The number of hydrogen-bond acceptors (Lipinski definition) is 4. The van der Waals surface area contributed by atoms with E-state index in [0.29, 0.717) is 24.3 Å². The predicted molar refractivity (Wildman–Crippen MR) is 108 cm³/mol. The number of nitrogens with one attached hydrogen (secondary N) is 2. The molecule has 3 rings (SSSR count). The van der Waals surface area contributed by atoms with E-state index in [1.165, 1.54) is 4.88 Å². The van der Waals surface area contributed by atoms with Crippen molar-refractivity contribution in [1.29, 1.82) is 0 Å². The van der Waals surface area contributed by atoms with Gasteiger partial charge < -0.3 is 5.11 Å². The fourth-order valence-electron chi connectivity index (χ4n) is 4.10. The van der Waals surface area contributed by atoms with Gasteiger partial charge in [-0.05, 0) is 49.0 Å². The van der Waals surface area contributed by atoms with Crippen molar-refractivity contribution in [2.24, 2.45) is 23.2 Å². The third-order valence-corrected chi connectivity index (χ3v) is 7.06. The van der Waals surface area contributed by atoms with Crippen molar-refractivity contribution in [3.8, 4) is 0 Å². The maximum atomic E-state index is 12.6. The molecule has 0 aliphatic heterocycles. The van der Waals surface area contributed by atoms with Crippen LogP contribution in [0.25, 0.3) is 0 Å². The minimum atomic E-state index is -0.990. The molecule has 152 valence electrons. The summed E-state index contributed by atoms with van der Waals surface area (Å²) in [7, 11) is 0. The van der Waals surface area contributed by atoms with Gasteiger partial charge in [-0.25, -0.2) is 0 Å². The molecule has 2 aliphatic rings. The topological polar surface area (TPSA) is 95.5 Å². The molecule has 3 N–H and O–H groups in total. The van der Waals surface area contributed by atoms with E-state index in [1.54, 1.807) is 17.4 Å². The molecule has 7 heteroatoms. The van der Waals surface area contributed by atoms with Crippen molar-refractivity contribution in [3.63, 3.8) is 0 Å². The third kappa shape index (κ3) is 4.29. The van der Waals surface area contributed by atoms with E-state index in [-0.39, 0.29) is 11.3 Å². The Balaban J connectivity index is 1.62. The number of hydrogen-bond donors (Lipinski definition) is 3. The summed E-state index contributed by atoms with van der Waals surface area (Å²) in [6, 6.07) is 0. The number of carboxylic acids is 1. The van der Waals surface area contributed by atoms with Gasteiger partial charge in [0, 0.05) is 10.3 Å². The van der Waals surface area contributed by atoms with Crippen molar-refractivity contribution in [3.05, 3.63) is 33.5 Å². The Bertz CT molecular complexity index is 806. The Hall–Kier alpha value is -2.15. The number of carbonyl (C=O) groups is 3. The predicted octanol–water partition coefficient (Wildman–Crippen LogP) is 3.33. The maximum Gasteiger partial charge on any atom is 0.307 e. The highest BCUT2D eigenvalue weighted by Crippen LogP contribution is 2.40. The summed E-state index contributed by atoms with van der Waals surface area (Å²) < 4.78 is 0. The van der Waals surface area contributed by atoms with Crippen LogP contribution >= 0.6 is 11.3 Å². The van der Waals surface area contributed by atoms with Crippen molar-refractivity contribution in [2.45, 2.75) is 52.9 Å². The van der Waals surface area contributed by atoms with Gasteiger partial charge in [-0.1, -0.05) is 32.9 Å². The van der Waals surface area contributed by atoms with Crippen LogP contribution in [0.15, 0.2) is 17.5 Å². The maximum absolute atomic E-state index is 12.6. The van der Waals surface area contributed by atoms with E-state index in [2.05, 4.69) is 31.6 Å². The molecule has 28 heavy (non-hydrogen) atoms. The average molecular weight is 405 g/mol. The molecule has 3 unspecified atom stereocenters. The number of fused-ring (bicyclic) bond motifs is 1. The monoisotopic (exact) mass is 404 g/mol. The van der Waals surface area contributed by atoms with Gasteiger partial charge in [0.05, 0.1) is 17.4 Å². The van der Waals surface area contributed by atoms with E-state index in [1.807, 2.05) is 11.5 Å². The Kier molecular flexibility index (Phi) is 5.93. The fraction of sp³-hybridized carbons (Fsp3) is 0.571. The van der Waals surface area contributed by atoms with Crippen LogP contribution in [0.4, 0.5) is 0 Å². The first-order valence-electron chi connectivity index (χ1n) is 9.75. The van der Waals surface area contributed by atoms with Crippen LogP contribution in [-0.4, -0.2) is 22.9 Å². The molecular formula is C21H28N2O4S. The normalized spacial score (nSPS) is 24.3. The van der Waals surface area contributed by atoms with E-state index in [9.17, 15) is 19.5 Å². The number of aliphatic carboxylic acids is 1. The number of carboxylic acid groups (broad SMARTS) is 1. The number of rotatable bonds is 3. The second-order valence-corrected chi connectivity index (χ2v) is 9.76. The number of thiophene rings is 1. The Morgan fingerprint density at radius 1 is 1.11 bits per heavy atom. The van der Waals surface area contributed by atoms with Crippen LogP contribution in [0.3, 0.4) is 0 Å². The van der Waals surface area contributed by atoms with Crippen LogP contribution in [0.1, 0.15) is 60.8 Å². The summed E-state index contributed by atoms with van der Waals surface area (Å²) in [6.07, 6.45) is 7.18. The van der Waals surface area contributed by atoms with Crippen LogP contribution in [0.2, 0.25) is 0 Å². The van der Waals surface area contributed by atoms with Crippen molar-refractivity contribution in [1.82, 2.24) is 10.9 Å². The van der Waals surface area contributed by atoms with Crippen LogP contribution < -0.4 is 10.9 Å². The zero-order valence-corrected chi connectivity index (χ0v) is 17.4. The summed E-state index contributed by atoms with van der Waals surface area (Å²) in [5.74, 6) is -2.62. The number of hydrazine groups is 1. The first-order valence-corrected chi connectivity index (χ1v) is 10.6. The highest BCUT2D eigenvalue weighted by molar-refractivity contribution is 7.10. The quantitative estimate of drug-likeness (QED) is 0.532. The second-order valence-electron chi connectivity index (χ2n) is 8.79. The van der Waals surface area contributed by atoms with E-state index in [4.69, 9.17) is 0 Å². The number of carbonyl (C=O) groups excluding carboxylic acids is 2. The minimum Gasteiger partial charge on any atom is -0.481 e. The molecule has 1 aromatic heterocycles. The molecular weight excluding hydrogens is 376 g/mol. The molecule has 2 amide bonds. The zero-order valence-electron chi connectivity index (χ0n) is 16.6. The average Bonchev–Trinajstić information content (AvgIpc) is 3.08. The molecule has 2 aliphatic carbocycles. The number of amides is 2. The van der Waals surface area contributed by atoms with Gasteiger partial charge in [-0.2, -0.15) is 0 Å². The van der Waals surface area contributed by atoms with Crippen molar-refractivity contribution >= 4 is 29.1 Å². The first kappa shape index (κ1) is 20.6. The van der Waals surface area contributed by atoms with Gasteiger partial charge in [-0.3, -0.25) is 25.2 Å². The molecule has 1 heterocycles. The summed E-state index contributed by atoms with van der Waals surface area (Å²) >= 11 is 1.61. The highest BCUT2D eigenvalue weighted by atomic mass is 32.1. The SMILES string of the molecule is CC(C)(C)C1CCc2c(C(=O)NNC(=O)C3CC=CCC3C(=O)O)csc2C1. The first-order chi connectivity index (χ1) is 13.2. The summed E-state index contributed by atoms with van der Waals surface area (Å²) in [5.41, 5.74) is 6.86. The lowest BCUT2D eigenvalue weighted by Crippen LogP contribution is -2.47. The molecule has 0 bridgehead atoms. The van der Waals surface area contributed by atoms with Crippen molar-refractivity contribution in [2.75, 3.05) is 0 Å². The summed E-state index contributed by atoms with van der Waals surface area (Å²) in [4.78, 5) is 37.6. The molecule has 6 nitrogen and oxygen atoms in total. The lowest BCUT2D eigenvalue weighted by atomic mass is 9.72. The summed E-state index contributed by atoms with van der Waals surface area (Å²) in [5, 5.41) is 11.2. The summed E-state index contributed by atoms with van der Waals surface area (Å²) in [6.45, 7) is 6.76. The third-order valence-electron chi connectivity index (χ3n) is 6.01. The van der Waals surface area contributed by atoms with Gasteiger partial charge in [0.1, 0.15) is 0 Å². The van der Waals surface area contributed by atoms with Crippen molar-refractivity contribution < 1.29 is 19.5 Å². The molecule has 1 aromatic rings. The fourth-order valence-corrected chi connectivity index (χ4v) is 5.26. The largest absolute Gasteiger partial charge is 0.481 e. The van der Waals surface area contributed by atoms with Gasteiger partial charge in [0.25, 0.3) is 5.91 Å². The minimum absolute atomic E-state index is 0.243. The van der Waals surface area contributed by atoms with Gasteiger partial charge in [0.2, 0.25) is 5.91 Å². The lowest BCUT2D eigenvalue weighted by Gasteiger charge is -2.34.